The van der Waals surface area contributed by atoms with Gasteiger partial charge < -0.3 is 20.5 Å². The van der Waals surface area contributed by atoms with Crippen molar-refractivity contribution in [2.45, 2.75) is 25.8 Å². The molecule has 0 radical (unpaired) electrons. The van der Waals surface area contributed by atoms with Gasteiger partial charge >= 0.3 is 5.97 Å². The lowest BCUT2D eigenvalue weighted by Crippen LogP contribution is -2.45. The number of nitrogens with one attached hydrogen (secondary N) is 2. The molecule has 0 aromatic carbocycles. The maximum Gasteiger partial charge on any atom is 0.326 e. The normalized spacial score (nSPS) is 24.8. The molecule has 1 rings (SSSR count). The molecule has 1 fully saturated rings. The van der Waals surface area contributed by atoms with Crippen LogP contribution < -0.4 is 10.6 Å². The van der Waals surface area contributed by atoms with Gasteiger partial charge in [0.1, 0.15) is 6.04 Å². The molecule has 1 saturated heterocycles. The molecule has 1 amide bonds. The maximum absolute atomic E-state index is 12.0. The Bertz CT molecular complexity index is 296. The standard InChI is InChI=1S/C12H22N2O4/c1-8-6-13-7-9(8)11(15)14-10(12(16)17)4-3-5-18-2/h8-10,13H,3-7H2,1-2H3,(H,14,15)(H,16,17)/t8-,9-,10?/m1/s1. The molecule has 1 heterocycles. The highest BCUT2D eigenvalue weighted by atomic mass is 16.5. The van der Waals surface area contributed by atoms with Gasteiger partial charge in [-0.15, -0.1) is 0 Å². The molecule has 18 heavy (non-hydrogen) atoms. The Kier molecular flexibility index (Phi) is 6.07. The zero-order valence-electron chi connectivity index (χ0n) is 10.9. The van der Waals surface area contributed by atoms with Crippen LogP contribution in [0.25, 0.3) is 0 Å². The summed E-state index contributed by atoms with van der Waals surface area (Å²) in [7, 11) is 1.57. The molecule has 0 aliphatic carbocycles. The number of hydrogen-bond donors (Lipinski definition) is 3. The molecule has 0 saturated carbocycles. The Labute approximate surface area is 107 Å². The summed E-state index contributed by atoms with van der Waals surface area (Å²) >= 11 is 0. The van der Waals surface area contributed by atoms with Gasteiger partial charge in [-0.25, -0.2) is 4.79 Å². The SMILES string of the molecule is COCCCC(NC(=O)[C@@H]1CNC[C@H]1C)C(=O)O. The number of carbonyl (C=O) groups is 2. The lowest BCUT2D eigenvalue weighted by Gasteiger charge is -2.19. The molecule has 0 bridgehead atoms. The second-order valence-corrected chi connectivity index (χ2v) is 4.78. The first-order valence-electron chi connectivity index (χ1n) is 6.29. The Morgan fingerprint density at radius 1 is 1.50 bits per heavy atom. The fraction of sp³-hybridized carbons (Fsp3) is 0.833. The van der Waals surface area contributed by atoms with E-state index >= 15 is 0 Å². The first-order chi connectivity index (χ1) is 8.56. The monoisotopic (exact) mass is 258 g/mol. The number of amides is 1. The van der Waals surface area contributed by atoms with E-state index < -0.39 is 12.0 Å². The maximum atomic E-state index is 12.0. The number of carbonyl (C=O) groups excluding carboxylic acids is 1. The van der Waals surface area contributed by atoms with Gasteiger partial charge in [0.05, 0.1) is 5.92 Å². The van der Waals surface area contributed by atoms with Crippen LogP contribution in [0.1, 0.15) is 19.8 Å². The van der Waals surface area contributed by atoms with E-state index in [1.54, 1.807) is 7.11 Å². The molecule has 0 aromatic heterocycles. The predicted molar refractivity (Wildman–Crippen MR) is 66.2 cm³/mol. The molecule has 1 aliphatic rings. The fourth-order valence-corrected chi connectivity index (χ4v) is 2.13. The highest BCUT2D eigenvalue weighted by Gasteiger charge is 2.31. The number of hydrogen-bond acceptors (Lipinski definition) is 4. The Balaban J connectivity index is 2.44. The third-order valence-corrected chi connectivity index (χ3v) is 3.31. The van der Waals surface area contributed by atoms with Crippen LogP contribution in [-0.4, -0.2) is 49.8 Å². The Hall–Kier alpha value is -1.14. The second-order valence-electron chi connectivity index (χ2n) is 4.78. The lowest BCUT2D eigenvalue weighted by atomic mass is 9.96. The fourth-order valence-electron chi connectivity index (χ4n) is 2.13. The summed E-state index contributed by atoms with van der Waals surface area (Å²) < 4.78 is 4.88. The van der Waals surface area contributed by atoms with Crippen molar-refractivity contribution in [3.63, 3.8) is 0 Å². The summed E-state index contributed by atoms with van der Waals surface area (Å²) in [5.74, 6) is -1.04. The van der Waals surface area contributed by atoms with Crippen molar-refractivity contribution >= 4 is 11.9 Å². The average Bonchev–Trinajstić information content (AvgIpc) is 2.74. The van der Waals surface area contributed by atoms with Crippen LogP contribution in [0.15, 0.2) is 0 Å². The molecule has 3 N–H and O–H groups in total. The number of aliphatic carboxylic acids is 1. The van der Waals surface area contributed by atoms with Crippen molar-refractivity contribution in [2.75, 3.05) is 26.8 Å². The van der Waals surface area contributed by atoms with Crippen molar-refractivity contribution in [3.05, 3.63) is 0 Å². The van der Waals surface area contributed by atoms with Crippen molar-refractivity contribution in [2.24, 2.45) is 11.8 Å². The predicted octanol–water partition coefficient (Wildman–Crippen LogP) is -0.162. The van der Waals surface area contributed by atoms with Gasteiger partial charge in [-0.3, -0.25) is 4.79 Å². The summed E-state index contributed by atoms with van der Waals surface area (Å²) in [5, 5.41) is 14.8. The van der Waals surface area contributed by atoms with Crippen molar-refractivity contribution in [3.8, 4) is 0 Å². The van der Waals surface area contributed by atoms with E-state index in [0.717, 1.165) is 6.54 Å². The third kappa shape index (κ3) is 4.27. The first kappa shape index (κ1) is 14.9. The minimum absolute atomic E-state index is 0.130. The van der Waals surface area contributed by atoms with E-state index in [1.165, 1.54) is 0 Å². The molecule has 6 nitrogen and oxygen atoms in total. The van der Waals surface area contributed by atoms with Crippen LogP contribution in [0.3, 0.4) is 0 Å². The number of rotatable bonds is 7. The molecule has 3 atom stereocenters. The molecule has 104 valence electrons. The van der Waals surface area contributed by atoms with E-state index in [2.05, 4.69) is 10.6 Å². The highest BCUT2D eigenvalue weighted by Crippen LogP contribution is 2.16. The van der Waals surface area contributed by atoms with Gasteiger partial charge in [0.25, 0.3) is 0 Å². The van der Waals surface area contributed by atoms with Crippen molar-refractivity contribution in [1.29, 1.82) is 0 Å². The number of ether oxygens (including phenoxy) is 1. The minimum atomic E-state index is -0.988. The third-order valence-electron chi connectivity index (χ3n) is 3.31. The number of methoxy groups -OCH3 is 1. The van der Waals surface area contributed by atoms with Gasteiger partial charge in [0.15, 0.2) is 0 Å². The summed E-state index contributed by atoms with van der Waals surface area (Å²) in [5.41, 5.74) is 0. The Morgan fingerprint density at radius 2 is 2.22 bits per heavy atom. The molecular weight excluding hydrogens is 236 g/mol. The van der Waals surface area contributed by atoms with E-state index in [1.807, 2.05) is 6.92 Å². The van der Waals surface area contributed by atoms with Crippen LogP contribution in [0.2, 0.25) is 0 Å². The molecule has 1 aliphatic heterocycles. The molecule has 0 aromatic rings. The van der Waals surface area contributed by atoms with E-state index in [-0.39, 0.29) is 17.7 Å². The number of carboxylic acid groups (broad SMARTS) is 1. The van der Waals surface area contributed by atoms with Crippen LogP contribution in [-0.2, 0) is 14.3 Å². The van der Waals surface area contributed by atoms with Crippen LogP contribution in [0.4, 0.5) is 0 Å². The molecule has 1 unspecified atom stereocenters. The van der Waals surface area contributed by atoms with Crippen LogP contribution in [0.5, 0.6) is 0 Å². The molecule has 0 spiro atoms. The van der Waals surface area contributed by atoms with E-state index in [0.29, 0.717) is 26.0 Å². The van der Waals surface area contributed by atoms with Crippen molar-refractivity contribution in [1.82, 2.24) is 10.6 Å². The minimum Gasteiger partial charge on any atom is -0.480 e. The van der Waals surface area contributed by atoms with Crippen LogP contribution >= 0.6 is 0 Å². The first-order valence-corrected chi connectivity index (χ1v) is 6.29. The lowest BCUT2D eigenvalue weighted by molar-refractivity contribution is -0.142. The van der Waals surface area contributed by atoms with Gasteiger partial charge in [0.2, 0.25) is 5.91 Å². The summed E-state index contributed by atoms with van der Waals surface area (Å²) in [6.45, 7) is 3.92. The van der Waals surface area contributed by atoms with Gasteiger partial charge in [-0.1, -0.05) is 6.92 Å². The second kappa shape index (κ2) is 7.33. The average molecular weight is 258 g/mol. The summed E-state index contributed by atoms with van der Waals surface area (Å²) in [4.78, 5) is 23.0. The largest absolute Gasteiger partial charge is 0.480 e. The number of carboxylic acids is 1. The van der Waals surface area contributed by atoms with E-state index in [4.69, 9.17) is 9.84 Å². The van der Waals surface area contributed by atoms with Gasteiger partial charge in [-0.2, -0.15) is 0 Å². The van der Waals surface area contributed by atoms with Crippen LogP contribution in [0, 0.1) is 11.8 Å². The van der Waals surface area contributed by atoms with E-state index in [9.17, 15) is 9.59 Å². The zero-order valence-corrected chi connectivity index (χ0v) is 10.9. The topological polar surface area (TPSA) is 87.7 Å². The summed E-state index contributed by atoms with van der Waals surface area (Å²) in [6, 6.07) is -0.819. The van der Waals surface area contributed by atoms with Gasteiger partial charge in [0, 0.05) is 20.3 Å². The van der Waals surface area contributed by atoms with Crippen molar-refractivity contribution < 1.29 is 19.4 Å². The molecular formula is C12H22N2O4. The zero-order chi connectivity index (χ0) is 13.5. The quantitative estimate of drug-likeness (QED) is 0.552. The van der Waals surface area contributed by atoms with Gasteiger partial charge in [-0.05, 0) is 25.3 Å². The smallest absolute Gasteiger partial charge is 0.326 e. The highest BCUT2D eigenvalue weighted by molar-refractivity contribution is 5.85. The molecule has 6 heteroatoms. The summed E-state index contributed by atoms with van der Waals surface area (Å²) in [6.07, 6.45) is 1.01. The Morgan fingerprint density at radius 3 is 2.72 bits per heavy atom.